The summed E-state index contributed by atoms with van der Waals surface area (Å²) in [5.74, 6) is -0.672. The summed E-state index contributed by atoms with van der Waals surface area (Å²) in [6.07, 6.45) is 2.01. The summed E-state index contributed by atoms with van der Waals surface area (Å²) < 4.78 is 0. The van der Waals surface area contributed by atoms with Crippen LogP contribution in [0.3, 0.4) is 0 Å². The number of carboxylic acid groups (broad SMARTS) is 1. The average molecular weight is 422 g/mol. The maximum absolute atomic E-state index is 11.9. The largest absolute Gasteiger partial charge is 0.480 e. The molecule has 2 saturated heterocycles. The first-order valence-electron chi connectivity index (χ1n) is 11.0. The van der Waals surface area contributed by atoms with Crippen molar-refractivity contribution in [3.63, 3.8) is 0 Å². The van der Waals surface area contributed by atoms with Crippen LogP contribution in [-0.2, 0) is 4.79 Å². The molecule has 2 heterocycles. The van der Waals surface area contributed by atoms with Gasteiger partial charge < -0.3 is 15.7 Å². The first-order chi connectivity index (χ1) is 15.0. The van der Waals surface area contributed by atoms with Crippen molar-refractivity contribution in [1.82, 2.24) is 9.80 Å². The van der Waals surface area contributed by atoms with Gasteiger partial charge in [0.05, 0.1) is 0 Å². The molecule has 164 valence electrons. The summed E-state index contributed by atoms with van der Waals surface area (Å²) in [5, 5.41) is 17.3. The van der Waals surface area contributed by atoms with E-state index in [-0.39, 0.29) is 5.84 Å². The number of nitrogens with zero attached hydrogens (tertiary/aromatic N) is 3. The van der Waals surface area contributed by atoms with E-state index in [1.165, 1.54) is 5.69 Å². The van der Waals surface area contributed by atoms with Crippen molar-refractivity contribution in [2.24, 2.45) is 5.73 Å². The summed E-state index contributed by atoms with van der Waals surface area (Å²) in [6.45, 7) is 5.59. The van der Waals surface area contributed by atoms with Gasteiger partial charge >= 0.3 is 5.97 Å². The van der Waals surface area contributed by atoms with Crippen LogP contribution in [0.4, 0.5) is 5.69 Å². The lowest BCUT2D eigenvalue weighted by atomic mass is 9.97. The van der Waals surface area contributed by atoms with E-state index in [1.807, 2.05) is 54.6 Å². The SMILES string of the molecule is N=C(N)c1ccc(N2CCN(C3CCN(C(C(=O)O)c4ccccc4)CC3)CC2)cc1. The minimum absolute atomic E-state index is 0.0973. The van der Waals surface area contributed by atoms with E-state index in [9.17, 15) is 9.90 Å². The fourth-order valence-corrected chi connectivity index (χ4v) is 4.85. The lowest BCUT2D eigenvalue weighted by Gasteiger charge is -2.44. The van der Waals surface area contributed by atoms with Gasteiger partial charge in [0.1, 0.15) is 11.9 Å². The highest BCUT2D eigenvalue weighted by atomic mass is 16.4. The predicted molar refractivity (Wildman–Crippen MR) is 123 cm³/mol. The molecule has 7 nitrogen and oxygen atoms in total. The number of nitrogens with two attached hydrogens (primary N) is 1. The van der Waals surface area contributed by atoms with Gasteiger partial charge in [0.15, 0.2) is 0 Å². The molecule has 0 amide bonds. The number of nitrogen functional groups attached to an aromatic ring is 1. The Morgan fingerprint density at radius 1 is 0.935 bits per heavy atom. The standard InChI is InChI=1S/C24H31N5O2/c25-23(26)19-6-8-20(9-7-19)27-14-16-28(17-15-27)21-10-12-29(13-11-21)22(24(30)31)18-4-2-1-3-5-18/h1-9,21-22H,10-17H2,(H3,25,26)(H,30,31). The number of hydrogen-bond donors (Lipinski definition) is 3. The number of piperazine rings is 1. The van der Waals surface area contributed by atoms with Crippen molar-refractivity contribution in [2.75, 3.05) is 44.2 Å². The Bertz CT molecular complexity index is 886. The van der Waals surface area contributed by atoms with Gasteiger partial charge in [-0.2, -0.15) is 0 Å². The van der Waals surface area contributed by atoms with Crippen LogP contribution in [0.1, 0.15) is 30.0 Å². The van der Waals surface area contributed by atoms with Crippen molar-refractivity contribution in [3.05, 3.63) is 65.7 Å². The number of anilines is 1. The van der Waals surface area contributed by atoms with E-state index in [0.717, 1.165) is 63.2 Å². The molecule has 0 saturated carbocycles. The van der Waals surface area contributed by atoms with Crippen LogP contribution in [0.2, 0.25) is 0 Å². The van der Waals surface area contributed by atoms with Crippen molar-refractivity contribution in [3.8, 4) is 0 Å². The number of amidine groups is 1. The molecule has 0 aliphatic carbocycles. The molecule has 1 atom stereocenters. The van der Waals surface area contributed by atoms with Crippen molar-refractivity contribution in [1.29, 1.82) is 5.41 Å². The summed E-state index contributed by atoms with van der Waals surface area (Å²) in [7, 11) is 0. The van der Waals surface area contributed by atoms with Gasteiger partial charge in [-0.15, -0.1) is 0 Å². The first kappa shape index (κ1) is 21.3. The second-order valence-corrected chi connectivity index (χ2v) is 8.40. The molecule has 0 radical (unpaired) electrons. The van der Waals surface area contributed by atoms with Gasteiger partial charge in [-0.1, -0.05) is 30.3 Å². The molecule has 1 unspecified atom stereocenters. The zero-order valence-corrected chi connectivity index (χ0v) is 17.8. The molecule has 31 heavy (non-hydrogen) atoms. The Morgan fingerprint density at radius 2 is 1.55 bits per heavy atom. The molecule has 4 N–H and O–H groups in total. The number of aliphatic carboxylic acids is 1. The number of nitrogens with one attached hydrogen (secondary N) is 1. The summed E-state index contributed by atoms with van der Waals surface area (Å²) in [6, 6.07) is 17.4. The Balaban J connectivity index is 1.30. The quantitative estimate of drug-likeness (QED) is 0.490. The van der Waals surface area contributed by atoms with Crippen LogP contribution < -0.4 is 10.6 Å². The Kier molecular flexibility index (Phi) is 6.53. The molecule has 4 rings (SSSR count). The summed E-state index contributed by atoms with van der Waals surface area (Å²) in [4.78, 5) is 19.0. The number of piperidine rings is 1. The monoisotopic (exact) mass is 421 g/mol. The van der Waals surface area contributed by atoms with E-state index in [1.54, 1.807) is 0 Å². The van der Waals surface area contributed by atoms with Crippen LogP contribution in [0.25, 0.3) is 0 Å². The number of hydrogen-bond acceptors (Lipinski definition) is 5. The number of rotatable bonds is 6. The van der Waals surface area contributed by atoms with E-state index in [2.05, 4.69) is 14.7 Å². The van der Waals surface area contributed by atoms with E-state index in [0.29, 0.717) is 6.04 Å². The molecule has 2 aliphatic heterocycles. The van der Waals surface area contributed by atoms with Crippen LogP contribution in [0, 0.1) is 5.41 Å². The van der Waals surface area contributed by atoms with Crippen molar-refractivity contribution >= 4 is 17.5 Å². The normalized spacial score (nSPS) is 19.8. The van der Waals surface area contributed by atoms with Crippen molar-refractivity contribution < 1.29 is 9.90 Å². The maximum atomic E-state index is 11.9. The van der Waals surface area contributed by atoms with Gasteiger partial charge in [-0.25, -0.2) is 0 Å². The molecular formula is C24H31N5O2. The second-order valence-electron chi connectivity index (χ2n) is 8.40. The molecule has 0 bridgehead atoms. The number of likely N-dealkylation sites (tertiary alicyclic amines) is 1. The first-order valence-corrected chi connectivity index (χ1v) is 11.0. The van der Waals surface area contributed by atoms with Gasteiger partial charge in [-0.05, 0) is 42.7 Å². The van der Waals surface area contributed by atoms with Crippen LogP contribution >= 0.6 is 0 Å². The maximum Gasteiger partial charge on any atom is 0.325 e. The molecule has 2 fully saturated rings. The summed E-state index contributed by atoms with van der Waals surface area (Å²) in [5.41, 5.74) is 8.33. The molecule has 0 spiro atoms. The molecule has 0 aromatic heterocycles. The minimum Gasteiger partial charge on any atom is -0.480 e. The Morgan fingerprint density at radius 3 is 2.10 bits per heavy atom. The lowest BCUT2D eigenvalue weighted by molar-refractivity contribution is -0.144. The molecular weight excluding hydrogens is 390 g/mol. The van der Waals surface area contributed by atoms with Gasteiger partial charge in [0, 0.05) is 56.6 Å². The molecule has 2 aromatic carbocycles. The highest BCUT2D eigenvalue weighted by Gasteiger charge is 2.33. The third-order valence-electron chi connectivity index (χ3n) is 6.59. The van der Waals surface area contributed by atoms with Crippen LogP contribution in [0.15, 0.2) is 54.6 Å². The van der Waals surface area contributed by atoms with E-state index < -0.39 is 12.0 Å². The average Bonchev–Trinajstić information content (AvgIpc) is 2.80. The molecule has 2 aromatic rings. The van der Waals surface area contributed by atoms with E-state index >= 15 is 0 Å². The Hall–Kier alpha value is -2.90. The number of benzene rings is 2. The van der Waals surface area contributed by atoms with E-state index in [4.69, 9.17) is 11.1 Å². The van der Waals surface area contributed by atoms with Crippen LogP contribution in [-0.4, -0.2) is 72.0 Å². The minimum atomic E-state index is -0.769. The highest BCUT2D eigenvalue weighted by molar-refractivity contribution is 5.95. The number of carbonyl (C=O) groups is 1. The molecule has 7 heteroatoms. The van der Waals surface area contributed by atoms with Crippen LogP contribution in [0.5, 0.6) is 0 Å². The summed E-state index contributed by atoms with van der Waals surface area (Å²) >= 11 is 0. The third kappa shape index (κ3) is 4.89. The third-order valence-corrected chi connectivity index (χ3v) is 6.59. The predicted octanol–water partition coefficient (Wildman–Crippen LogP) is 2.38. The Labute approximate surface area is 183 Å². The lowest BCUT2D eigenvalue weighted by Crippen LogP contribution is -2.54. The van der Waals surface area contributed by atoms with Gasteiger partial charge in [-0.3, -0.25) is 20.0 Å². The smallest absolute Gasteiger partial charge is 0.325 e. The van der Waals surface area contributed by atoms with Gasteiger partial charge in [0.25, 0.3) is 0 Å². The van der Waals surface area contributed by atoms with Crippen molar-refractivity contribution in [2.45, 2.75) is 24.9 Å². The zero-order chi connectivity index (χ0) is 21.8. The second kappa shape index (κ2) is 9.49. The molecule has 2 aliphatic rings. The number of carboxylic acids is 1. The highest BCUT2D eigenvalue weighted by Crippen LogP contribution is 2.28. The fourth-order valence-electron chi connectivity index (χ4n) is 4.85. The zero-order valence-electron chi connectivity index (χ0n) is 17.8. The fraction of sp³-hybridized carbons (Fsp3) is 0.417. The topological polar surface area (TPSA) is 96.9 Å². The van der Waals surface area contributed by atoms with Gasteiger partial charge in [0.2, 0.25) is 0 Å².